The van der Waals surface area contributed by atoms with Crippen molar-refractivity contribution in [3.05, 3.63) is 53.5 Å². The fraction of sp³-hybridized carbons (Fsp3) is 0.267. The highest BCUT2D eigenvalue weighted by Gasteiger charge is 2.06. The SMILES string of the molecule is CCc1ccc(CNc2cccc(C(=O)OC)c2)o1. The maximum absolute atomic E-state index is 11.4. The van der Waals surface area contributed by atoms with Crippen molar-refractivity contribution in [2.45, 2.75) is 19.9 Å². The van der Waals surface area contributed by atoms with Crippen molar-refractivity contribution >= 4 is 11.7 Å². The Morgan fingerprint density at radius 3 is 2.74 bits per heavy atom. The highest BCUT2D eigenvalue weighted by Crippen LogP contribution is 2.14. The van der Waals surface area contributed by atoms with E-state index in [1.54, 1.807) is 12.1 Å². The molecule has 0 saturated heterocycles. The second kappa shape index (κ2) is 6.09. The molecule has 0 unspecified atom stereocenters. The molecule has 0 aliphatic carbocycles. The monoisotopic (exact) mass is 259 g/mol. The summed E-state index contributed by atoms with van der Waals surface area (Å²) in [6.45, 7) is 2.64. The standard InChI is InChI=1S/C15H17NO3/c1-3-13-7-8-14(19-13)10-16-12-6-4-5-11(9-12)15(17)18-2/h4-9,16H,3,10H2,1-2H3. The number of methoxy groups -OCH3 is 1. The van der Waals surface area contributed by atoms with E-state index in [1.165, 1.54) is 7.11 Å². The van der Waals surface area contributed by atoms with E-state index >= 15 is 0 Å². The van der Waals surface area contributed by atoms with E-state index in [-0.39, 0.29) is 5.97 Å². The van der Waals surface area contributed by atoms with Crippen LogP contribution in [0.15, 0.2) is 40.8 Å². The summed E-state index contributed by atoms with van der Waals surface area (Å²) >= 11 is 0. The normalized spacial score (nSPS) is 10.2. The van der Waals surface area contributed by atoms with E-state index in [1.807, 2.05) is 24.3 Å². The van der Waals surface area contributed by atoms with Crippen molar-refractivity contribution in [1.82, 2.24) is 0 Å². The summed E-state index contributed by atoms with van der Waals surface area (Å²) in [6, 6.07) is 11.1. The van der Waals surface area contributed by atoms with Crippen LogP contribution in [0, 0.1) is 0 Å². The summed E-state index contributed by atoms with van der Waals surface area (Å²) in [5, 5.41) is 3.22. The molecular formula is C15H17NO3. The van der Waals surface area contributed by atoms with Crippen molar-refractivity contribution in [2.75, 3.05) is 12.4 Å². The molecule has 0 radical (unpaired) electrons. The number of nitrogens with one attached hydrogen (secondary N) is 1. The van der Waals surface area contributed by atoms with E-state index in [0.29, 0.717) is 12.1 Å². The first kappa shape index (κ1) is 13.2. The number of carbonyl (C=O) groups excluding carboxylic acids is 1. The predicted octanol–water partition coefficient (Wildman–Crippen LogP) is 3.24. The van der Waals surface area contributed by atoms with Crippen LogP contribution in [0.3, 0.4) is 0 Å². The number of hydrogen-bond donors (Lipinski definition) is 1. The van der Waals surface area contributed by atoms with Crippen LogP contribution in [0.25, 0.3) is 0 Å². The Hall–Kier alpha value is -2.23. The topological polar surface area (TPSA) is 51.5 Å². The molecule has 2 rings (SSSR count). The highest BCUT2D eigenvalue weighted by molar-refractivity contribution is 5.90. The number of benzene rings is 1. The molecule has 1 N–H and O–H groups in total. The smallest absolute Gasteiger partial charge is 0.337 e. The van der Waals surface area contributed by atoms with Crippen LogP contribution in [0.5, 0.6) is 0 Å². The molecule has 2 aromatic rings. The molecule has 0 amide bonds. The zero-order valence-corrected chi connectivity index (χ0v) is 11.1. The Morgan fingerprint density at radius 1 is 1.26 bits per heavy atom. The minimum Gasteiger partial charge on any atom is -0.465 e. The molecule has 4 heteroatoms. The van der Waals surface area contributed by atoms with Gasteiger partial charge in [-0.1, -0.05) is 13.0 Å². The summed E-state index contributed by atoms with van der Waals surface area (Å²) < 4.78 is 10.3. The molecule has 0 saturated carbocycles. The largest absolute Gasteiger partial charge is 0.465 e. The van der Waals surface area contributed by atoms with E-state index < -0.39 is 0 Å². The van der Waals surface area contributed by atoms with Crippen LogP contribution in [-0.2, 0) is 17.7 Å². The summed E-state index contributed by atoms with van der Waals surface area (Å²) in [7, 11) is 1.37. The third-order valence-electron chi connectivity index (χ3n) is 2.82. The number of ether oxygens (including phenoxy) is 1. The lowest BCUT2D eigenvalue weighted by Crippen LogP contribution is -2.03. The number of anilines is 1. The fourth-order valence-electron chi connectivity index (χ4n) is 1.77. The van der Waals surface area contributed by atoms with Gasteiger partial charge in [0.25, 0.3) is 0 Å². The number of aryl methyl sites for hydroxylation is 1. The van der Waals surface area contributed by atoms with Crippen molar-refractivity contribution in [1.29, 1.82) is 0 Å². The second-order valence-corrected chi connectivity index (χ2v) is 4.15. The molecule has 19 heavy (non-hydrogen) atoms. The molecule has 1 aromatic carbocycles. The maximum Gasteiger partial charge on any atom is 0.337 e. The lowest BCUT2D eigenvalue weighted by molar-refractivity contribution is 0.0601. The Bertz CT molecular complexity index is 560. The summed E-state index contributed by atoms with van der Waals surface area (Å²) in [5.74, 6) is 1.51. The minimum absolute atomic E-state index is 0.338. The van der Waals surface area contributed by atoms with E-state index in [0.717, 1.165) is 23.6 Å². The van der Waals surface area contributed by atoms with Gasteiger partial charge in [-0.25, -0.2) is 4.79 Å². The molecular weight excluding hydrogens is 242 g/mol. The molecule has 100 valence electrons. The Labute approximate surface area is 112 Å². The lowest BCUT2D eigenvalue weighted by atomic mass is 10.2. The first-order valence-electron chi connectivity index (χ1n) is 6.22. The highest BCUT2D eigenvalue weighted by atomic mass is 16.5. The molecule has 1 heterocycles. The molecule has 0 aliphatic rings. The van der Waals surface area contributed by atoms with Crippen LogP contribution in [-0.4, -0.2) is 13.1 Å². The van der Waals surface area contributed by atoms with Crippen molar-refractivity contribution in [3.63, 3.8) is 0 Å². The molecule has 0 bridgehead atoms. The third kappa shape index (κ3) is 3.37. The molecule has 0 fully saturated rings. The quantitative estimate of drug-likeness (QED) is 0.837. The van der Waals surface area contributed by atoms with Gasteiger partial charge in [-0.05, 0) is 30.3 Å². The number of esters is 1. The Balaban J connectivity index is 2.01. The summed E-state index contributed by atoms with van der Waals surface area (Å²) in [4.78, 5) is 11.4. The van der Waals surface area contributed by atoms with Crippen LogP contribution < -0.4 is 5.32 Å². The Morgan fingerprint density at radius 2 is 2.05 bits per heavy atom. The van der Waals surface area contributed by atoms with Crippen LogP contribution in [0.1, 0.15) is 28.8 Å². The first-order valence-corrected chi connectivity index (χ1v) is 6.22. The van der Waals surface area contributed by atoms with E-state index in [9.17, 15) is 4.79 Å². The van der Waals surface area contributed by atoms with E-state index in [4.69, 9.17) is 4.42 Å². The molecule has 1 aromatic heterocycles. The van der Waals surface area contributed by atoms with Gasteiger partial charge in [-0.3, -0.25) is 0 Å². The van der Waals surface area contributed by atoms with Gasteiger partial charge in [-0.2, -0.15) is 0 Å². The zero-order valence-electron chi connectivity index (χ0n) is 11.1. The van der Waals surface area contributed by atoms with Crippen LogP contribution in [0.4, 0.5) is 5.69 Å². The number of hydrogen-bond acceptors (Lipinski definition) is 4. The van der Waals surface area contributed by atoms with Crippen LogP contribution >= 0.6 is 0 Å². The van der Waals surface area contributed by atoms with Gasteiger partial charge in [0.05, 0.1) is 19.2 Å². The van der Waals surface area contributed by atoms with Crippen LogP contribution in [0.2, 0.25) is 0 Å². The second-order valence-electron chi connectivity index (χ2n) is 4.15. The van der Waals surface area contributed by atoms with Gasteiger partial charge < -0.3 is 14.5 Å². The Kier molecular flexibility index (Phi) is 4.23. The number of rotatable bonds is 5. The number of furan rings is 1. The van der Waals surface area contributed by atoms with Crippen molar-refractivity contribution in [3.8, 4) is 0 Å². The van der Waals surface area contributed by atoms with Gasteiger partial charge in [0.15, 0.2) is 0 Å². The molecule has 0 aliphatic heterocycles. The van der Waals surface area contributed by atoms with E-state index in [2.05, 4.69) is 17.0 Å². The zero-order chi connectivity index (χ0) is 13.7. The van der Waals surface area contributed by atoms with Gasteiger partial charge in [0.1, 0.15) is 11.5 Å². The van der Waals surface area contributed by atoms with Gasteiger partial charge in [0, 0.05) is 12.1 Å². The summed E-state index contributed by atoms with van der Waals surface area (Å²) in [6.07, 6.45) is 0.887. The van der Waals surface area contributed by atoms with Gasteiger partial charge >= 0.3 is 5.97 Å². The van der Waals surface area contributed by atoms with Crippen molar-refractivity contribution < 1.29 is 13.9 Å². The molecule has 0 spiro atoms. The average Bonchev–Trinajstić information content (AvgIpc) is 2.92. The third-order valence-corrected chi connectivity index (χ3v) is 2.82. The van der Waals surface area contributed by atoms with Gasteiger partial charge in [0.2, 0.25) is 0 Å². The minimum atomic E-state index is -0.338. The average molecular weight is 259 g/mol. The predicted molar refractivity (Wildman–Crippen MR) is 73.2 cm³/mol. The van der Waals surface area contributed by atoms with Gasteiger partial charge in [-0.15, -0.1) is 0 Å². The number of carbonyl (C=O) groups is 1. The fourth-order valence-corrected chi connectivity index (χ4v) is 1.77. The maximum atomic E-state index is 11.4. The van der Waals surface area contributed by atoms with Crippen molar-refractivity contribution in [2.24, 2.45) is 0 Å². The molecule has 0 atom stereocenters. The first-order chi connectivity index (χ1) is 9.22. The molecule has 4 nitrogen and oxygen atoms in total. The lowest BCUT2D eigenvalue weighted by Gasteiger charge is -2.06. The summed E-state index contributed by atoms with van der Waals surface area (Å²) in [5.41, 5.74) is 1.39.